The van der Waals surface area contributed by atoms with Crippen LogP contribution in [0.2, 0.25) is 5.02 Å². The first-order valence-electron chi connectivity index (χ1n) is 9.35. The molecule has 4 rings (SSSR count). The fourth-order valence-electron chi connectivity index (χ4n) is 4.43. The van der Waals surface area contributed by atoms with E-state index in [1.54, 1.807) is 11.7 Å². The van der Waals surface area contributed by atoms with Crippen LogP contribution in [0.1, 0.15) is 56.1 Å². The Morgan fingerprint density at radius 3 is 2.63 bits per heavy atom. The van der Waals surface area contributed by atoms with Crippen LogP contribution in [-0.4, -0.2) is 21.6 Å². The number of hydrogen-bond acceptors (Lipinski definition) is 3. The lowest BCUT2D eigenvalue weighted by Gasteiger charge is -2.28. The molecular formula is C20H23ClN4O2. The number of carbonyl (C=O) groups excluding carboxylic acids is 2. The molecule has 2 amide bonds. The third-order valence-electron chi connectivity index (χ3n) is 5.85. The van der Waals surface area contributed by atoms with Crippen molar-refractivity contribution in [2.75, 3.05) is 10.6 Å². The van der Waals surface area contributed by atoms with Crippen molar-refractivity contribution >= 4 is 35.1 Å². The first-order chi connectivity index (χ1) is 12.9. The quantitative estimate of drug-likeness (QED) is 0.837. The van der Waals surface area contributed by atoms with E-state index in [1.807, 2.05) is 31.2 Å². The minimum atomic E-state index is -0.559. The van der Waals surface area contributed by atoms with Crippen molar-refractivity contribution in [3.05, 3.63) is 40.4 Å². The fourth-order valence-corrected chi connectivity index (χ4v) is 4.56. The maximum absolute atomic E-state index is 13.4. The number of aryl methyl sites for hydroxylation is 1. The third-order valence-corrected chi connectivity index (χ3v) is 6.10. The normalized spacial score (nSPS) is 20.9. The molecule has 2 heterocycles. The topological polar surface area (TPSA) is 76.0 Å². The number of carbonyl (C=O) groups is 2. The Morgan fingerprint density at radius 1 is 1.30 bits per heavy atom. The summed E-state index contributed by atoms with van der Waals surface area (Å²) in [6.07, 6.45) is 4.04. The molecule has 142 valence electrons. The van der Waals surface area contributed by atoms with Crippen molar-refractivity contribution in [1.29, 1.82) is 0 Å². The largest absolute Gasteiger partial charge is 0.311 e. The molecule has 2 aromatic rings. The van der Waals surface area contributed by atoms with Crippen LogP contribution in [-0.2, 0) is 22.1 Å². The van der Waals surface area contributed by atoms with E-state index in [0.29, 0.717) is 23.1 Å². The molecule has 2 aliphatic rings. The Bertz CT molecular complexity index is 897. The standard InChI is InChI=1S/C20H23ClN4O2/c1-12-11-15(26)22-18-16(12)17(24-25(18)2)23-19(27)20(9-3-4-10-20)13-5-7-14(21)8-6-13/h5-8,12H,3-4,9-11H2,1-2H3,(H,22,26)(H,23,24,27)/t12-/m0/s1. The molecule has 2 N–H and O–H groups in total. The van der Waals surface area contributed by atoms with Gasteiger partial charge < -0.3 is 10.6 Å². The molecule has 0 unspecified atom stereocenters. The fraction of sp³-hybridized carbons (Fsp3) is 0.450. The van der Waals surface area contributed by atoms with Crippen LogP contribution >= 0.6 is 11.6 Å². The van der Waals surface area contributed by atoms with Crippen molar-refractivity contribution in [2.24, 2.45) is 7.05 Å². The molecule has 1 atom stereocenters. The van der Waals surface area contributed by atoms with E-state index in [0.717, 1.165) is 36.8 Å². The minimum Gasteiger partial charge on any atom is -0.311 e. The van der Waals surface area contributed by atoms with E-state index in [1.165, 1.54) is 0 Å². The van der Waals surface area contributed by atoms with Gasteiger partial charge in [-0.05, 0) is 36.5 Å². The van der Waals surface area contributed by atoms with Gasteiger partial charge in [-0.1, -0.05) is 43.5 Å². The number of rotatable bonds is 3. The molecule has 0 spiro atoms. The van der Waals surface area contributed by atoms with Gasteiger partial charge in [0.2, 0.25) is 11.8 Å². The van der Waals surface area contributed by atoms with E-state index < -0.39 is 5.41 Å². The van der Waals surface area contributed by atoms with E-state index in [9.17, 15) is 9.59 Å². The summed E-state index contributed by atoms with van der Waals surface area (Å²) >= 11 is 6.04. The summed E-state index contributed by atoms with van der Waals surface area (Å²) in [5.74, 6) is 1.16. The molecule has 0 radical (unpaired) electrons. The lowest BCUT2D eigenvalue weighted by atomic mass is 9.78. The van der Waals surface area contributed by atoms with Gasteiger partial charge in [0.15, 0.2) is 5.82 Å². The van der Waals surface area contributed by atoms with Gasteiger partial charge in [-0.25, -0.2) is 0 Å². The highest BCUT2D eigenvalue weighted by molar-refractivity contribution is 6.30. The number of halogens is 1. The van der Waals surface area contributed by atoms with E-state index in [2.05, 4.69) is 15.7 Å². The van der Waals surface area contributed by atoms with Gasteiger partial charge in [0.05, 0.1) is 5.41 Å². The number of nitrogens with zero attached hydrogens (tertiary/aromatic N) is 2. The monoisotopic (exact) mass is 386 g/mol. The lowest BCUT2D eigenvalue weighted by molar-refractivity contribution is -0.121. The Kier molecular flexibility index (Phi) is 4.46. The van der Waals surface area contributed by atoms with Gasteiger partial charge in [0.1, 0.15) is 5.82 Å². The SMILES string of the molecule is C[C@H]1CC(=O)Nc2c1c(NC(=O)C1(c3ccc(Cl)cc3)CCCC1)nn2C. The maximum Gasteiger partial charge on any atom is 0.236 e. The summed E-state index contributed by atoms with van der Waals surface area (Å²) in [5, 5.41) is 11.1. The van der Waals surface area contributed by atoms with Crippen LogP contribution in [0.4, 0.5) is 11.6 Å². The van der Waals surface area contributed by atoms with Crippen LogP contribution in [0.5, 0.6) is 0 Å². The molecule has 1 aromatic carbocycles. The second kappa shape index (κ2) is 6.68. The van der Waals surface area contributed by atoms with Crippen molar-refractivity contribution in [2.45, 2.75) is 50.4 Å². The molecule has 6 nitrogen and oxygen atoms in total. The van der Waals surface area contributed by atoms with Crippen LogP contribution in [0.15, 0.2) is 24.3 Å². The zero-order valence-corrected chi connectivity index (χ0v) is 16.3. The molecule has 1 aliphatic carbocycles. The second-order valence-electron chi connectivity index (χ2n) is 7.64. The molecule has 0 bridgehead atoms. The molecule has 27 heavy (non-hydrogen) atoms. The van der Waals surface area contributed by atoms with E-state index in [-0.39, 0.29) is 17.7 Å². The second-order valence-corrected chi connectivity index (χ2v) is 8.07. The van der Waals surface area contributed by atoms with Crippen LogP contribution < -0.4 is 10.6 Å². The number of benzene rings is 1. The Hall–Kier alpha value is -2.34. The summed E-state index contributed by atoms with van der Waals surface area (Å²) in [5.41, 5.74) is 1.33. The van der Waals surface area contributed by atoms with Gasteiger partial charge in [-0.2, -0.15) is 5.10 Å². The van der Waals surface area contributed by atoms with Crippen molar-refractivity contribution < 1.29 is 9.59 Å². The maximum atomic E-state index is 13.4. The molecule has 0 saturated heterocycles. The van der Waals surface area contributed by atoms with E-state index in [4.69, 9.17) is 11.6 Å². The summed E-state index contributed by atoms with van der Waals surface area (Å²) in [6.45, 7) is 1.99. The average Bonchev–Trinajstić information content (AvgIpc) is 3.22. The predicted octanol–water partition coefficient (Wildman–Crippen LogP) is 3.97. The summed E-state index contributed by atoms with van der Waals surface area (Å²) in [4.78, 5) is 25.2. The average molecular weight is 387 g/mol. The lowest BCUT2D eigenvalue weighted by Crippen LogP contribution is -2.38. The van der Waals surface area contributed by atoms with Crippen LogP contribution in [0.25, 0.3) is 0 Å². The molecular weight excluding hydrogens is 364 g/mol. The highest BCUT2D eigenvalue weighted by Crippen LogP contribution is 2.43. The zero-order chi connectivity index (χ0) is 19.2. The summed E-state index contributed by atoms with van der Waals surface area (Å²) in [7, 11) is 1.78. The number of nitrogens with one attached hydrogen (secondary N) is 2. The van der Waals surface area contributed by atoms with Crippen molar-refractivity contribution in [1.82, 2.24) is 9.78 Å². The number of anilines is 2. The first-order valence-corrected chi connectivity index (χ1v) is 9.73. The number of fused-ring (bicyclic) bond motifs is 1. The van der Waals surface area contributed by atoms with Gasteiger partial charge >= 0.3 is 0 Å². The van der Waals surface area contributed by atoms with Crippen LogP contribution in [0.3, 0.4) is 0 Å². The van der Waals surface area contributed by atoms with Crippen molar-refractivity contribution in [3.8, 4) is 0 Å². The van der Waals surface area contributed by atoms with Gasteiger partial charge in [-0.3, -0.25) is 14.3 Å². The minimum absolute atomic E-state index is 0.00723. The summed E-state index contributed by atoms with van der Waals surface area (Å²) in [6, 6.07) is 7.57. The number of amides is 2. The number of hydrogen-bond donors (Lipinski definition) is 2. The molecule has 1 saturated carbocycles. The van der Waals surface area contributed by atoms with Crippen LogP contribution in [0, 0.1) is 0 Å². The van der Waals surface area contributed by atoms with Gasteiger partial charge in [0.25, 0.3) is 0 Å². The predicted molar refractivity (Wildman–Crippen MR) is 105 cm³/mol. The van der Waals surface area contributed by atoms with Crippen molar-refractivity contribution in [3.63, 3.8) is 0 Å². The third kappa shape index (κ3) is 3.02. The highest BCUT2D eigenvalue weighted by atomic mass is 35.5. The highest BCUT2D eigenvalue weighted by Gasteiger charge is 2.43. The summed E-state index contributed by atoms with van der Waals surface area (Å²) < 4.78 is 1.63. The molecule has 1 aliphatic heterocycles. The molecule has 7 heteroatoms. The molecule has 1 fully saturated rings. The smallest absolute Gasteiger partial charge is 0.236 e. The Morgan fingerprint density at radius 2 is 1.96 bits per heavy atom. The first kappa shape index (κ1) is 18.0. The Labute approximate surface area is 163 Å². The van der Waals surface area contributed by atoms with Gasteiger partial charge in [-0.15, -0.1) is 0 Å². The van der Waals surface area contributed by atoms with E-state index >= 15 is 0 Å². The zero-order valence-electron chi connectivity index (χ0n) is 15.5. The number of aromatic nitrogens is 2. The Balaban J connectivity index is 1.68. The van der Waals surface area contributed by atoms with Gasteiger partial charge in [0, 0.05) is 24.1 Å². The molecule has 1 aromatic heterocycles.